The Bertz CT molecular complexity index is 939. The highest BCUT2D eigenvalue weighted by atomic mass is 79.9. The maximum absolute atomic E-state index is 12.4. The van der Waals surface area contributed by atoms with Crippen molar-refractivity contribution in [2.45, 2.75) is 72.3 Å². The largest absolute Gasteiger partial charge is 0.457 e. The van der Waals surface area contributed by atoms with E-state index in [1.807, 2.05) is 39.8 Å². The first-order valence-electron chi connectivity index (χ1n) is 11.1. The van der Waals surface area contributed by atoms with Crippen molar-refractivity contribution in [1.82, 2.24) is 4.90 Å². The normalized spacial score (nSPS) is 19.6. The summed E-state index contributed by atoms with van der Waals surface area (Å²) in [6.45, 7) is 19.2. The van der Waals surface area contributed by atoms with Gasteiger partial charge in [0, 0.05) is 58.4 Å². The molecule has 3 nitrogen and oxygen atoms in total. The summed E-state index contributed by atoms with van der Waals surface area (Å²) in [6.07, 6.45) is 11.2. The minimum absolute atomic E-state index is 0.163. The topological polar surface area (TPSA) is 29.5 Å². The highest BCUT2D eigenvalue weighted by Gasteiger charge is 2.22. The highest BCUT2D eigenvalue weighted by molar-refractivity contribution is 9.10. The zero-order chi connectivity index (χ0) is 23.2. The van der Waals surface area contributed by atoms with Crippen LogP contribution >= 0.6 is 15.9 Å². The molecule has 0 aromatic heterocycles. The molecule has 0 amide bonds. The van der Waals surface area contributed by atoms with Crippen LogP contribution in [0.3, 0.4) is 0 Å². The van der Waals surface area contributed by atoms with E-state index < -0.39 is 5.60 Å². The average molecular weight is 488 g/mol. The van der Waals surface area contributed by atoms with Gasteiger partial charge in [-0.25, -0.2) is 4.79 Å². The Hall–Kier alpha value is -1.94. The monoisotopic (exact) mass is 486 g/mol. The van der Waals surface area contributed by atoms with Gasteiger partial charge in [-0.3, -0.25) is 0 Å². The van der Waals surface area contributed by atoms with Crippen LogP contribution < -0.4 is 10.4 Å². The number of hydrogen-bond donors (Lipinski definition) is 0. The second-order valence-electron chi connectivity index (χ2n) is 9.41. The molecule has 1 unspecified atom stereocenters. The number of ether oxygens (including phenoxy) is 1. The fraction of sp³-hybridized carbons (Fsp3) is 0.481. The van der Waals surface area contributed by atoms with Crippen LogP contribution in [0, 0.1) is 12.3 Å². The Morgan fingerprint density at radius 3 is 2.68 bits per heavy atom. The Morgan fingerprint density at radius 1 is 1.35 bits per heavy atom. The number of benzene rings is 1. The number of carbonyl (C=O) groups is 1. The average Bonchev–Trinajstić information content (AvgIpc) is 2.64. The fourth-order valence-corrected chi connectivity index (χ4v) is 4.46. The number of nitrogens with zero attached hydrogens (tertiary/aromatic N) is 1. The number of rotatable bonds is 6. The number of hydrogen-bond acceptors (Lipinski definition) is 3. The van der Waals surface area contributed by atoms with Gasteiger partial charge in [-0.1, -0.05) is 19.2 Å². The van der Waals surface area contributed by atoms with Crippen molar-refractivity contribution in [1.29, 1.82) is 0 Å². The van der Waals surface area contributed by atoms with E-state index in [0.29, 0.717) is 5.92 Å². The van der Waals surface area contributed by atoms with Crippen LogP contribution in [0.4, 0.5) is 0 Å². The third-order valence-electron chi connectivity index (χ3n) is 5.53. The summed E-state index contributed by atoms with van der Waals surface area (Å²) in [7, 11) is 0. The van der Waals surface area contributed by atoms with Crippen LogP contribution in [0.15, 0.2) is 40.5 Å². The standard InChI is InChI=1S/C27H37BrNO2/c1-8-23-24(20(4)15-16-25(23)28)18-29(19(2)3)17-21-11-9-13-22(14-10-12-21)26(30)31-27(5,6)7/h8,13,15-16,18,21H,2,4,9-12,14,17H2,1,3,5-7H3/q+1/b22-13-,24-18+. The number of carbonyl (C=O) groups excluding carboxylic acids is 1. The molecule has 31 heavy (non-hydrogen) atoms. The minimum Gasteiger partial charge on any atom is -0.457 e. The first-order valence-corrected chi connectivity index (χ1v) is 11.9. The lowest BCUT2D eigenvalue weighted by Gasteiger charge is -2.27. The summed E-state index contributed by atoms with van der Waals surface area (Å²) in [5.74, 6) is 0.377. The van der Waals surface area contributed by atoms with Crippen LogP contribution in [0.5, 0.6) is 0 Å². The van der Waals surface area contributed by atoms with E-state index in [2.05, 4.69) is 59.6 Å². The highest BCUT2D eigenvalue weighted by Crippen LogP contribution is 2.26. The van der Waals surface area contributed by atoms with Crippen molar-refractivity contribution >= 4 is 34.7 Å². The van der Waals surface area contributed by atoms with Crippen LogP contribution in [0.25, 0.3) is 12.8 Å². The number of allylic oxidation sites excluding steroid dienone is 2. The zero-order valence-electron chi connectivity index (χ0n) is 19.8. The third kappa shape index (κ3) is 7.60. The van der Waals surface area contributed by atoms with Crippen molar-refractivity contribution in [3.63, 3.8) is 0 Å². The summed E-state index contributed by atoms with van der Waals surface area (Å²) in [5.41, 5.74) is 2.56. The summed E-state index contributed by atoms with van der Waals surface area (Å²) in [5, 5.41) is 2.13. The molecular formula is C27H37BrNO2+. The van der Waals surface area contributed by atoms with Gasteiger partial charge in [0.25, 0.3) is 0 Å². The molecule has 1 aliphatic carbocycles. The molecule has 2 rings (SSSR count). The predicted molar refractivity (Wildman–Crippen MR) is 134 cm³/mol. The van der Waals surface area contributed by atoms with Gasteiger partial charge in [0.15, 0.2) is 5.56 Å². The molecule has 0 bridgehead atoms. The Kier molecular flexibility index (Phi) is 9.05. The Morgan fingerprint density at radius 2 is 2.06 bits per heavy atom. The molecule has 0 aliphatic heterocycles. The minimum atomic E-state index is -0.450. The van der Waals surface area contributed by atoms with E-state index in [9.17, 15) is 4.79 Å². The second kappa shape index (κ2) is 11.1. The molecule has 4 heteroatoms. The molecule has 0 fully saturated rings. The first kappa shape index (κ1) is 25.3. The van der Waals surface area contributed by atoms with E-state index >= 15 is 0 Å². The van der Waals surface area contributed by atoms with Crippen LogP contribution in [-0.2, 0) is 9.53 Å². The molecular weight excluding hydrogens is 450 g/mol. The molecule has 168 valence electrons. The van der Waals surface area contributed by atoms with Crippen molar-refractivity contribution in [3.05, 3.63) is 63.0 Å². The van der Waals surface area contributed by atoms with Crippen molar-refractivity contribution in [2.24, 2.45) is 5.92 Å². The molecule has 1 atom stereocenters. The van der Waals surface area contributed by atoms with E-state index in [1.54, 1.807) is 0 Å². The van der Waals surface area contributed by atoms with Gasteiger partial charge in [0.2, 0.25) is 0 Å². The lowest BCUT2D eigenvalue weighted by molar-refractivity contribution is -0.150. The van der Waals surface area contributed by atoms with E-state index in [0.717, 1.165) is 70.4 Å². The molecule has 0 N–H and O–H groups in total. The molecule has 0 saturated carbocycles. The van der Waals surface area contributed by atoms with Crippen LogP contribution in [0.1, 0.15) is 72.3 Å². The quantitative estimate of drug-likeness (QED) is 0.372. The summed E-state index contributed by atoms with van der Waals surface area (Å²) in [4.78, 5) is 14.7. The van der Waals surface area contributed by atoms with Gasteiger partial charge in [-0.15, -0.1) is 0 Å². The Balaban J connectivity index is 2.16. The van der Waals surface area contributed by atoms with Crippen LogP contribution in [0.2, 0.25) is 0 Å². The maximum Gasteiger partial charge on any atom is 0.334 e. The van der Waals surface area contributed by atoms with Crippen molar-refractivity contribution in [2.75, 3.05) is 6.54 Å². The summed E-state index contributed by atoms with van der Waals surface area (Å²) in [6, 6.07) is 4.09. The van der Waals surface area contributed by atoms with E-state index in [-0.39, 0.29) is 5.97 Å². The lowest BCUT2D eigenvalue weighted by Crippen LogP contribution is -2.33. The molecule has 0 saturated heterocycles. The molecule has 0 spiro atoms. The molecule has 0 heterocycles. The van der Waals surface area contributed by atoms with Gasteiger partial charge in [0.1, 0.15) is 15.3 Å². The lowest BCUT2D eigenvalue weighted by atomic mass is 9.90. The van der Waals surface area contributed by atoms with Gasteiger partial charge < -0.3 is 9.64 Å². The van der Waals surface area contributed by atoms with Gasteiger partial charge in [0.05, 0.1) is 6.20 Å². The van der Waals surface area contributed by atoms with Crippen molar-refractivity contribution < 1.29 is 9.53 Å². The second-order valence-corrected chi connectivity index (χ2v) is 10.3. The maximum atomic E-state index is 12.4. The molecule has 1 aliphatic rings. The van der Waals surface area contributed by atoms with Gasteiger partial charge in [-0.05, 0) is 71.8 Å². The van der Waals surface area contributed by atoms with Crippen LogP contribution in [-0.4, -0.2) is 23.0 Å². The first-order chi connectivity index (χ1) is 14.5. The van der Waals surface area contributed by atoms with E-state index in [4.69, 9.17) is 4.74 Å². The number of esters is 1. The third-order valence-corrected chi connectivity index (χ3v) is 6.22. The van der Waals surface area contributed by atoms with Gasteiger partial charge in [-0.2, -0.15) is 0 Å². The fourth-order valence-electron chi connectivity index (χ4n) is 3.89. The zero-order valence-corrected chi connectivity index (χ0v) is 21.3. The van der Waals surface area contributed by atoms with E-state index in [1.165, 1.54) is 0 Å². The molecule has 1 aromatic carbocycles. The van der Waals surface area contributed by atoms with Crippen molar-refractivity contribution in [3.8, 4) is 0 Å². The summed E-state index contributed by atoms with van der Waals surface area (Å²) < 4.78 is 6.63. The Labute approximate surface area is 196 Å². The SMILES string of the molecule is C=C(C)N(/C=c1/c([CH+]C)c(Br)ccc1=C)CC1CC/C=C(\C(=O)OC(C)(C)C)CCC1. The molecule has 0 radical (unpaired) electrons. The number of halogens is 1. The smallest absolute Gasteiger partial charge is 0.334 e. The predicted octanol–water partition coefficient (Wildman–Crippen LogP) is 5.85. The summed E-state index contributed by atoms with van der Waals surface area (Å²) >= 11 is 3.66. The molecule has 1 aromatic rings. The van der Waals surface area contributed by atoms with Gasteiger partial charge >= 0.3 is 5.97 Å².